The Morgan fingerprint density at radius 3 is 2.80 bits per heavy atom. The van der Waals surface area contributed by atoms with Gasteiger partial charge in [0.1, 0.15) is 0 Å². The van der Waals surface area contributed by atoms with Crippen LogP contribution < -0.4 is 0 Å². The molecule has 0 heterocycles. The van der Waals surface area contributed by atoms with Crippen molar-refractivity contribution in [3.63, 3.8) is 0 Å². The summed E-state index contributed by atoms with van der Waals surface area (Å²) in [5.41, 5.74) is 4.61. The van der Waals surface area contributed by atoms with Crippen molar-refractivity contribution < 1.29 is 0 Å². The summed E-state index contributed by atoms with van der Waals surface area (Å²) in [6, 6.07) is 0. The molecule has 0 aliphatic heterocycles. The first kappa shape index (κ1) is 15.6. The Morgan fingerprint density at radius 2 is 2.10 bits per heavy atom. The van der Waals surface area contributed by atoms with Gasteiger partial charge in [0, 0.05) is 0 Å². The maximum atomic E-state index is 4.36. The topological polar surface area (TPSA) is 0 Å². The summed E-state index contributed by atoms with van der Waals surface area (Å²) in [4.78, 5) is 0. The van der Waals surface area contributed by atoms with Crippen molar-refractivity contribution in [2.45, 2.75) is 66.2 Å². The zero-order valence-electron chi connectivity index (χ0n) is 13.9. The smallest absolute Gasteiger partial charge is 0.0134 e. The summed E-state index contributed by atoms with van der Waals surface area (Å²) in [6.07, 6.45) is 12.9. The Hall–Kier alpha value is -0.780. The van der Waals surface area contributed by atoms with E-state index in [-0.39, 0.29) is 0 Å². The molecule has 0 nitrogen and oxygen atoms in total. The van der Waals surface area contributed by atoms with Crippen LogP contribution in [0.4, 0.5) is 0 Å². The average Bonchev–Trinajstić information content (AvgIpc) is 2.38. The van der Waals surface area contributed by atoms with Gasteiger partial charge in [0.05, 0.1) is 0 Å². The van der Waals surface area contributed by atoms with E-state index >= 15 is 0 Å². The first-order valence-corrected chi connectivity index (χ1v) is 8.47. The van der Waals surface area contributed by atoms with Crippen LogP contribution in [0.1, 0.15) is 66.2 Å². The monoisotopic (exact) mass is 272 g/mol. The second-order valence-corrected chi connectivity index (χ2v) is 7.43. The molecular formula is C20H32. The highest BCUT2D eigenvalue weighted by molar-refractivity contribution is 5.19. The summed E-state index contributed by atoms with van der Waals surface area (Å²) in [7, 11) is 0. The van der Waals surface area contributed by atoms with Crippen LogP contribution in [-0.4, -0.2) is 0 Å². The van der Waals surface area contributed by atoms with Crippen LogP contribution in [-0.2, 0) is 0 Å². The molecule has 0 heteroatoms. The Bertz CT molecular complexity index is 406. The highest BCUT2D eigenvalue weighted by Gasteiger charge is 2.37. The van der Waals surface area contributed by atoms with Crippen molar-refractivity contribution in [2.75, 3.05) is 0 Å². The van der Waals surface area contributed by atoms with Gasteiger partial charge in [-0.15, -0.1) is 0 Å². The van der Waals surface area contributed by atoms with Crippen molar-refractivity contribution >= 4 is 0 Å². The Kier molecular flexibility index (Phi) is 5.29. The van der Waals surface area contributed by atoms with Gasteiger partial charge < -0.3 is 0 Å². The molecule has 2 aliphatic rings. The number of hydrogen-bond donors (Lipinski definition) is 0. The minimum atomic E-state index is 0.781. The summed E-state index contributed by atoms with van der Waals surface area (Å²) < 4.78 is 0. The Labute approximate surface area is 126 Å². The van der Waals surface area contributed by atoms with Gasteiger partial charge in [0.25, 0.3) is 0 Å². The molecule has 0 saturated heterocycles. The molecule has 4 atom stereocenters. The van der Waals surface area contributed by atoms with Crippen molar-refractivity contribution in [2.24, 2.45) is 23.7 Å². The largest absolute Gasteiger partial charge is 0.0996 e. The van der Waals surface area contributed by atoms with Gasteiger partial charge in [-0.3, -0.25) is 0 Å². The molecule has 112 valence electrons. The van der Waals surface area contributed by atoms with Crippen LogP contribution in [0.2, 0.25) is 0 Å². The van der Waals surface area contributed by atoms with E-state index in [0.29, 0.717) is 0 Å². The molecule has 0 aromatic rings. The lowest BCUT2D eigenvalue weighted by atomic mass is 9.61. The molecule has 2 rings (SSSR count). The van der Waals surface area contributed by atoms with E-state index in [1.165, 1.54) is 49.7 Å². The van der Waals surface area contributed by atoms with Crippen LogP contribution in [0, 0.1) is 23.7 Å². The van der Waals surface area contributed by atoms with Gasteiger partial charge in [-0.05, 0) is 83.0 Å². The molecule has 0 aromatic heterocycles. The van der Waals surface area contributed by atoms with Crippen molar-refractivity contribution in [3.05, 3.63) is 35.5 Å². The standard InChI is InChI=1S/C20H32/c1-14(2)7-6-8-16(4)19-12-10-17(5)18-11-9-15(3)13-20(18)19/h7,13,16,18-20H,5-6,8-12H2,1-4H3/t16?,18-,19?,20+/m0/s1. The molecule has 1 fully saturated rings. The second-order valence-electron chi connectivity index (χ2n) is 7.43. The summed E-state index contributed by atoms with van der Waals surface area (Å²) >= 11 is 0. The predicted octanol–water partition coefficient (Wildman–Crippen LogP) is 6.31. The third kappa shape index (κ3) is 3.65. The van der Waals surface area contributed by atoms with Crippen LogP contribution in [0.5, 0.6) is 0 Å². The van der Waals surface area contributed by atoms with Gasteiger partial charge in [-0.25, -0.2) is 0 Å². The molecule has 1 saturated carbocycles. The number of allylic oxidation sites excluding steroid dienone is 5. The quantitative estimate of drug-likeness (QED) is 0.526. The molecule has 0 radical (unpaired) electrons. The Morgan fingerprint density at radius 1 is 1.35 bits per heavy atom. The lowest BCUT2D eigenvalue weighted by molar-refractivity contribution is 0.164. The van der Waals surface area contributed by atoms with E-state index in [1.807, 2.05) is 0 Å². The SMILES string of the molecule is C=C1CCC(C(C)CCC=C(C)C)[C@@H]2C=C(C)CC[C@@H]12. The lowest BCUT2D eigenvalue weighted by Crippen LogP contribution is -2.34. The van der Waals surface area contributed by atoms with Crippen molar-refractivity contribution in [1.29, 1.82) is 0 Å². The van der Waals surface area contributed by atoms with E-state index in [2.05, 4.69) is 46.4 Å². The molecule has 0 N–H and O–H groups in total. The van der Waals surface area contributed by atoms with Crippen molar-refractivity contribution in [3.8, 4) is 0 Å². The van der Waals surface area contributed by atoms with Gasteiger partial charge >= 0.3 is 0 Å². The van der Waals surface area contributed by atoms with E-state index in [4.69, 9.17) is 0 Å². The van der Waals surface area contributed by atoms with E-state index in [1.54, 1.807) is 5.57 Å². The molecule has 20 heavy (non-hydrogen) atoms. The average molecular weight is 272 g/mol. The highest BCUT2D eigenvalue weighted by Crippen LogP contribution is 2.48. The zero-order chi connectivity index (χ0) is 14.7. The summed E-state index contributed by atoms with van der Waals surface area (Å²) in [5, 5.41) is 0. The van der Waals surface area contributed by atoms with Crippen LogP contribution in [0.25, 0.3) is 0 Å². The van der Waals surface area contributed by atoms with Gasteiger partial charge in [-0.1, -0.05) is 42.4 Å². The van der Waals surface area contributed by atoms with E-state index in [0.717, 1.165) is 23.7 Å². The minimum absolute atomic E-state index is 0.781. The maximum absolute atomic E-state index is 4.36. The fraction of sp³-hybridized carbons (Fsp3) is 0.700. The van der Waals surface area contributed by atoms with Crippen LogP contribution in [0.3, 0.4) is 0 Å². The summed E-state index contributed by atoms with van der Waals surface area (Å²) in [6.45, 7) is 13.6. The van der Waals surface area contributed by atoms with Gasteiger partial charge in [0.2, 0.25) is 0 Å². The molecule has 2 unspecified atom stereocenters. The molecule has 0 spiro atoms. The zero-order valence-corrected chi connectivity index (χ0v) is 13.9. The van der Waals surface area contributed by atoms with Gasteiger partial charge in [-0.2, -0.15) is 0 Å². The molecule has 2 aliphatic carbocycles. The van der Waals surface area contributed by atoms with Crippen molar-refractivity contribution in [1.82, 2.24) is 0 Å². The first-order valence-electron chi connectivity index (χ1n) is 8.47. The normalized spacial score (nSPS) is 31.3. The number of hydrogen-bond acceptors (Lipinski definition) is 0. The first-order chi connectivity index (χ1) is 9.49. The lowest BCUT2D eigenvalue weighted by Gasteiger charge is -2.43. The van der Waals surface area contributed by atoms with E-state index < -0.39 is 0 Å². The fourth-order valence-corrected chi connectivity index (χ4v) is 4.24. The second kappa shape index (κ2) is 6.78. The number of rotatable bonds is 4. The Balaban J connectivity index is 2.04. The molecule has 0 bridgehead atoms. The minimum Gasteiger partial charge on any atom is -0.0996 e. The molecular weight excluding hydrogens is 240 g/mol. The maximum Gasteiger partial charge on any atom is -0.0134 e. The highest BCUT2D eigenvalue weighted by atomic mass is 14.4. The van der Waals surface area contributed by atoms with E-state index in [9.17, 15) is 0 Å². The molecule has 0 amide bonds. The number of fused-ring (bicyclic) bond motifs is 1. The molecule has 0 aromatic carbocycles. The predicted molar refractivity (Wildman–Crippen MR) is 89.7 cm³/mol. The third-order valence-electron chi connectivity index (χ3n) is 5.51. The summed E-state index contributed by atoms with van der Waals surface area (Å²) in [5.74, 6) is 3.29. The van der Waals surface area contributed by atoms with Gasteiger partial charge in [0.15, 0.2) is 0 Å². The third-order valence-corrected chi connectivity index (χ3v) is 5.51. The fourth-order valence-electron chi connectivity index (χ4n) is 4.24. The van der Waals surface area contributed by atoms with Crippen LogP contribution in [0.15, 0.2) is 35.5 Å². The van der Waals surface area contributed by atoms with Crippen LogP contribution >= 0.6 is 0 Å².